The number of benzene rings is 2. The largest absolute Gasteiger partial charge is 0.507 e. The van der Waals surface area contributed by atoms with Crippen molar-refractivity contribution in [3.63, 3.8) is 0 Å². The van der Waals surface area contributed by atoms with Gasteiger partial charge in [0.05, 0.1) is 31.3 Å². The molecule has 5 aliphatic carbocycles. The number of carbonyl (C=O) groups excluding carboxylic acids is 2. The van der Waals surface area contributed by atoms with E-state index in [4.69, 9.17) is 42.6 Å². The van der Waals surface area contributed by atoms with Gasteiger partial charge in [-0.15, -0.1) is 0 Å². The molecule has 4 saturated carbocycles. The summed E-state index contributed by atoms with van der Waals surface area (Å²) in [5.41, 5.74) is -1.60. The fraction of sp³-hybridized carbons (Fsp3) is 0.729. The summed E-state index contributed by atoms with van der Waals surface area (Å²) in [5.74, 6) is -6.51. The average Bonchev–Trinajstić information content (AvgIpc) is 0.671. The highest BCUT2D eigenvalue weighted by Gasteiger charge is 2.71. The van der Waals surface area contributed by atoms with Gasteiger partial charge in [-0.2, -0.15) is 0 Å². The van der Waals surface area contributed by atoms with E-state index in [1.807, 2.05) is 26.8 Å². The molecule has 4 aliphatic heterocycles. The first-order chi connectivity index (χ1) is 47.1. The second-order valence-electron chi connectivity index (χ2n) is 31.0. The van der Waals surface area contributed by atoms with Crippen molar-refractivity contribution in [1.29, 1.82) is 0 Å². The Balaban J connectivity index is 0.000000228. The van der Waals surface area contributed by atoms with Gasteiger partial charge < -0.3 is 129 Å². The highest BCUT2D eigenvalue weighted by Crippen LogP contribution is 2.75. The number of Topliss-reactive ketones (excluding diaryl/α,β-unsaturated/α-hetero) is 1. The second kappa shape index (κ2) is 28.9. The van der Waals surface area contributed by atoms with Crippen LogP contribution in [-0.2, 0) is 58.8 Å². The van der Waals surface area contributed by atoms with Crippen molar-refractivity contribution in [1.82, 2.24) is 0 Å². The summed E-state index contributed by atoms with van der Waals surface area (Å²) in [6, 6.07) is 6.59. The number of hydrogen-bond acceptors (Lipinski definition) is 28. The van der Waals surface area contributed by atoms with E-state index in [0.717, 1.165) is 49.8 Å². The van der Waals surface area contributed by atoms with Crippen LogP contribution in [-0.4, -0.2) is 259 Å². The monoisotopic (exact) mass is 1430 g/mol. The van der Waals surface area contributed by atoms with Crippen LogP contribution in [0.15, 0.2) is 42.0 Å². The highest BCUT2D eigenvalue weighted by atomic mass is 16.8. The molecule has 0 spiro atoms. The van der Waals surface area contributed by atoms with E-state index in [2.05, 4.69) is 27.7 Å². The first-order valence-electron chi connectivity index (χ1n) is 34.2. The summed E-state index contributed by atoms with van der Waals surface area (Å²) >= 11 is 0. The van der Waals surface area contributed by atoms with Crippen molar-refractivity contribution in [2.24, 2.45) is 50.2 Å². The molecule has 0 amide bonds. The number of ether oxygens (including phenoxy) is 9. The van der Waals surface area contributed by atoms with Crippen molar-refractivity contribution >= 4 is 29.5 Å². The molecular formula is C70H98O31. The number of aliphatic hydroxyl groups is 11. The van der Waals surface area contributed by atoms with Crippen LogP contribution in [0.4, 0.5) is 0 Å². The van der Waals surface area contributed by atoms with Crippen molar-refractivity contribution in [2.45, 2.75) is 255 Å². The maximum absolute atomic E-state index is 14.8. The van der Waals surface area contributed by atoms with Crippen molar-refractivity contribution in [3.8, 4) is 28.7 Å². The summed E-state index contributed by atoms with van der Waals surface area (Å²) in [6.07, 6.45) is -27.8. The number of carboxylic acids is 3. The molecule has 11 rings (SSSR count). The molecule has 9 aliphatic rings. The number of carboxylic acid groups (broad SMARTS) is 3. The van der Waals surface area contributed by atoms with E-state index in [0.29, 0.717) is 31.2 Å². The van der Waals surface area contributed by atoms with Gasteiger partial charge in [0.2, 0.25) is 0 Å². The number of phenols is 3. The third-order valence-corrected chi connectivity index (χ3v) is 24.6. The quantitative estimate of drug-likeness (QED) is 0.0773. The van der Waals surface area contributed by atoms with Gasteiger partial charge in [-0.1, -0.05) is 53.2 Å². The zero-order valence-electron chi connectivity index (χ0n) is 57.6. The number of ketones is 2. The minimum Gasteiger partial charge on any atom is -0.507 e. The third kappa shape index (κ3) is 13.9. The van der Waals surface area contributed by atoms with Gasteiger partial charge in [-0.25, -0.2) is 9.59 Å². The molecule has 2 aromatic rings. The van der Waals surface area contributed by atoms with Crippen LogP contribution in [0, 0.1) is 50.2 Å². The van der Waals surface area contributed by atoms with E-state index in [1.165, 1.54) is 26.2 Å². The first kappa shape index (κ1) is 77.8. The number of aliphatic carboxylic acids is 3. The predicted molar refractivity (Wildman–Crippen MR) is 342 cm³/mol. The molecule has 8 fully saturated rings. The van der Waals surface area contributed by atoms with Crippen molar-refractivity contribution in [2.75, 3.05) is 13.7 Å². The number of carbonyl (C=O) groups is 5. The van der Waals surface area contributed by atoms with Crippen LogP contribution >= 0.6 is 0 Å². The molecule has 101 heavy (non-hydrogen) atoms. The Hall–Kier alpha value is -5.79. The van der Waals surface area contributed by atoms with Crippen LogP contribution in [0.5, 0.6) is 28.7 Å². The summed E-state index contributed by atoms with van der Waals surface area (Å²) in [6.45, 7) is 15.6. The number of methoxy groups -OCH3 is 1. The first-order valence-corrected chi connectivity index (χ1v) is 34.2. The number of fused-ring (bicyclic) bond motifs is 7. The number of aliphatic hydroxyl groups excluding tert-OH is 11. The molecule has 0 radical (unpaired) electrons. The average molecular weight is 1440 g/mol. The topological polar surface area (TPSA) is 512 Å². The Morgan fingerprint density at radius 2 is 1.19 bits per heavy atom. The number of aryl methyl sites for hydroxylation is 1. The van der Waals surface area contributed by atoms with Gasteiger partial charge in [-0.05, 0) is 141 Å². The number of allylic oxidation sites excluding steroid dienone is 2. The Labute approximate surface area is 581 Å². The van der Waals surface area contributed by atoms with Crippen LogP contribution in [0.25, 0.3) is 0 Å². The number of phenolic OH excluding ortho intramolecular Hbond substituents is 3. The van der Waals surface area contributed by atoms with E-state index in [1.54, 1.807) is 6.07 Å². The smallest absolute Gasteiger partial charge is 0.335 e. The number of hydrogen-bond donors (Lipinski definition) is 17. The maximum atomic E-state index is 14.8. The minimum atomic E-state index is -2.05. The lowest BCUT2D eigenvalue weighted by atomic mass is 9.33. The van der Waals surface area contributed by atoms with Gasteiger partial charge >= 0.3 is 17.9 Å². The fourth-order valence-electron chi connectivity index (χ4n) is 18.4. The van der Waals surface area contributed by atoms with E-state index in [-0.39, 0.29) is 64.5 Å². The molecule has 0 aromatic heterocycles. The van der Waals surface area contributed by atoms with Crippen molar-refractivity contribution < 1.29 is 153 Å². The zero-order chi connectivity index (χ0) is 74.5. The minimum absolute atomic E-state index is 0.0217. The summed E-state index contributed by atoms with van der Waals surface area (Å²) in [7, 11) is 1.40. The molecule has 2 aromatic carbocycles. The summed E-state index contributed by atoms with van der Waals surface area (Å²) < 4.78 is 50.4. The third-order valence-electron chi connectivity index (χ3n) is 24.6. The maximum Gasteiger partial charge on any atom is 0.335 e. The Kier molecular flexibility index (Phi) is 22.3. The van der Waals surface area contributed by atoms with Gasteiger partial charge in [0.1, 0.15) is 96.1 Å². The molecule has 31 heteroatoms. The fourth-order valence-corrected chi connectivity index (χ4v) is 18.4. The lowest BCUT2D eigenvalue weighted by Gasteiger charge is -2.70. The number of aromatic hydroxyl groups is 3. The predicted octanol–water partition coefficient (Wildman–Crippen LogP) is 0.904. The molecule has 0 unspecified atom stereocenters. The Bertz CT molecular complexity index is 3410. The molecule has 4 saturated heterocycles. The molecular weight excluding hydrogens is 1340 g/mol. The van der Waals surface area contributed by atoms with E-state index in [9.17, 15) is 111 Å². The van der Waals surface area contributed by atoms with Gasteiger partial charge in [0.25, 0.3) is 0 Å². The van der Waals surface area contributed by atoms with Crippen LogP contribution in [0.2, 0.25) is 0 Å². The lowest BCUT2D eigenvalue weighted by Crippen LogP contribution is -2.68. The second-order valence-corrected chi connectivity index (χ2v) is 31.0. The van der Waals surface area contributed by atoms with Crippen LogP contribution in [0.1, 0.15) is 136 Å². The molecule has 31 nitrogen and oxygen atoms in total. The van der Waals surface area contributed by atoms with Gasteiger partial charge in [0, 0.05) is 24.5 Å². The van der Waals surface area contributed by atoms with Crippen molar-refractivity contribution in [3.05, 3.63) is 53.1 Å². The Morgan fingerprint density at radius 1 is 0.604 bits per heavy atom. The zero-order valence-corrected chi connectivity index (χ0v) is 57.6. The molecule has 564 valence electrons. The Morgan fingerprint density at radius 3 is 1.79 bits per heavy atom. The highest BCUT2D eigenvalue weighted by molar-refractivity contribution is 6.01. The SMILES string of the molecule is CC1(C)[C@@H](O[C@H]2O[C@H](C(=O)O)[C@@H](O)[C@H](O)[C@H]2O[C@@H]2O[C@H](C(=O)O)[C@@H](O)[C@H](O)[C@H]2O)CC[C@]2(C)[C@H]3C(=O)C=C4[C@@H]5C[C@@](C)(C(=O)O)CC[C@]5(C)CC[C@@]4(C)[C@]3(C)CC[C@@H]12.COc1ccc(CCC(=O)c2c(O)cc(O[C@H]3[C@H](O[C@@H]4[C@@H](O)[C@H](O)[C@@H](CO)O[C@H]4O)O[C@@H](C)[C@H](O)[C@H]3O)cc2O)cc1O. The van der Waals surface area contributed by atoms with Crippen LogP contribution in [0.3, 0.4) is 0 Å². The van der Waals surface area contributed by atoms with Gasteiger partial charge in [-0.3, -0.25) is 14.4 Å². The van der Waals surface area contributed by atoms with Gasteiger partial charge in [0.15, 0.2) is 66.5 Å². The number of rotatable bonds is 17. The van der Waals surface area contributed by atoms with E-state index >= 15 is 0 Å². The lowest BCUT2D eigenvalue weighted by molar-refractivity contribution is -0.371. The standard InChI is InChI=1S/C42H62O16.C28H36O15/c1-37(2)21-8-11-42(7)31(20(43)16-18-19-17-39(4,36(53)54)13-12-38(19,3)14-15-41(18,42)6)40(21,5)10-9-22(37)55-35-30(26(47)25(46)29(57-35)33(51)52)58-34-27(48)23(44)24(45)28(56-34)32(49)50;1-11-21(34)23(36)26(28(40-11)43-25-24(37)22(35)19(10-29)42-27(25)38)41-13-8-16(32)20(17(33)9-13)14(30)5-3-12-4-6-18(39-2)15(31)7-12/h16,19,21-31,34-35,44-48H,8-15,17H2,1-7H3,(H,49,50)(H,51,52)(H,53,54);4,6-9,11,19,21-29,31-38H,3,5,10H2,1-2H3/t19-,21-,22-,23-,24-,25-,26-,27+,28-,29-,30+,31+,34-,35-,38+,39-,40-,41+,42+;11-,19+,21-,22+,23+,24-,25+,26+,27+,28-/m00/s1. The molecule has 0 bridgehead atoms. The summed E-state index contributed by atoms with van der Waals surface area (Å²) in [5, 5.41) is 176. The molecule has 4 heterocycles. The molecule has 29 atom stereocenters. The summed E-state index contributed by atoms with van der Waals surface area (Å²) in [4.78, 5) is 64.2. The van der Waals surface area contributed by atoms with E-state index < -0.39 is 198 Å². The van der Waals surface area contributed by atoms with Crippen LogP contribution < -0.4 is 9.47 Å². The normalized spacial score (nSPS) is 44.1. The molecule has 17 N–H and O–H groups in total.